The Balaban J connectivity index is 0.00000171. The SMILES string of the molecule is CC1=CCCC(C)=C1c1cc2nc(n1)NSc1cccc(c1)C(Cc1cnc3o[c-]cc3n1)C(CC13CC(C1)C3)CO2.[CH3-].[K+]. The molecule has 3 aromatic heterocycles. The van der Waals surface area contributed by atoms with E-state index in [0.29, 0.717) is 35.5 Å². The van der Waals surface area contributed by atoms with Crippen molar-refractivity contribution in [3.8, 4) is 5.88 Å². The Labute approximate surface area is 306 Å². The summed E-state index contributed by atoms with van der Waals surface area (Å²) in [4.78, 5) is 20.3. The molecule has 4 heterocycles. The summed E-state index contributed by atoms with van der Waals surface area (Å²) in [6.07, 6.45) is 15.1. The molecule has 3 fully saturated rings. The van der Waals surface area contributed by atoms with Crippen LogP contribution in [0.15, 0.2) is 69.1 Å². The predicted octanol–water partition coefficient (Wildman–Crippen LogP) is 5.43. The molecule has 0 spiro atoms. The van der Waals surface area contributed by atoms with Crippen LogP contribution in [-0.2, 0) is 6.42 Å². The van der Waals surface area contributed by atoms with Gasteiger partial charge in [-0.1, -0.05) is 23.8 Å². The number of benzene rings is 1. The van der Waals surface area contributed by atoms with Gasteiger partial charge < -0.3 is 21.6 Å². The first-order valence-corrected chi connectivity index (χ1v) is 15.9. The fourth-order valence-corrected chi connectivity index (χ4v) is 8.32. The van der Waals surface area contributed by atoms with Crippen LogP contribution < -0.4 is 60.8 Å². The van der Waals surface area contributed by atoms with E-state index in [1.165, 1.54) is 41.5 Å². The summed E-state index contributed by atoms with van der Waals surface area (Å²) in [5, 5.41) is 0. The fourth-order valence-electron chi connectivity index (χ4n) is 7.67. The van der Waals surface area contributed by atoms with Crippen molar-refractivity contribution in [3.05, 3.63) is 90.5 Å². The molecule has 0 amide bonds. The summed E-state index contributed by atoms with van der Waals surface area (Å²) in [6, 6.07) is 12.7. The van der Waals surface area contributed by atoms with Crippen molar-refractivity contribution in [2.24, 2.45) is 17.3 Å². The zero-order valence-electron chi connectivity index (χ0n) is 26.0. The van der Waals surface area contributed by atoms with Gasteiger partial charge in [0.25, 0.3) is 0 Å². The van der Waals surface area contributed by atoms with Crippen LogP contribution in [0.1, 0.15) is 75.2 Å². The minimum Gasteiger partial charge on any atom is -0.574 e. The van der Waals surface area contributed by atoms with E-state index < -0.39 is 0 Å². The minimum absolute atomic E-state index is 0. The van der Waals surface area contributed by atoms with E-state index in [1.807, 2.05) is 12.3 Å². The second-order valence-corrected chi connectivity index (χ2v) is 13.6. The largest absolute Gasteiger partial charge is 1.00 e. The molecule has 4 aliphatic carbocycles. The Morgan fingerprint density at radius 3 is 2.77 bits per heavy atom. The van der Waals surface area contributed by atoms with Gasteiger partial charge in [0, 0.05) is 34.3 Å². The fraction of sp³-hybridized carbons (Fsp3) is 0.400. The molecule has 7 nitrogen and oxygen atoms in total. The molecule has 9 heteroatoms. The molecule has 2 unspecified atom stereocenters. The van der Waals surface area contributed by atoms with Crippen LogP contribution in [0, 0.1) is 30.9 Å². The van der Waals surface area contributed by atoms with E-state index >= 15 is 0 Å². The second-order valence-electron chi connectivity index (χ2n) is 12.8. The smallest absolute Gasteiger partial charge is 0.574 e. The summed E-state index contributed by atoms with van der Waals surface area (Å²) in [5.41, 5.74) is 8.77. The van der Waals surface area contributed by atoms with Gasteiger partial charge >= 0.3 is 51.4 Å². The van der Waals surface area contributed by atoms with Crippen molar-refractivity contribution in [2.45, 2.75) is 69.6 Å². The van der Waals surface area contributed by atoms with Crippen molar-refractivity contribution in [1.82, 2.24) is 19.9 Å². The number of anilines is 1. The summed E-state index contributed by atoms with van der Waals surface area (Å²) >= 11 is 1.55. The number of hydrogen-bond donors (Lipinski definition) is 1. The number of nitrogens with one attached hydrogen (secondary N) is 1. The van der Waals surface area contributed by atoms with Crippen molar-refractivity contribution >= 4 is 34.7 Å². The van der Waals surface area contributed by atoms with Gasteiger partial charge in [-0.25, -0.2) is 4.98 Å². The number of hydrogen-bond acceptors (Lipinski definition) is 8. The predicted molar refractivity (Wildman–Crippen MR) is 170 cm³/mol. The Hall–Kier alpha value is -2.01. The van der Waals surface area contributed by atoms with E-state index in [4.69, 9.17) is 24.1 Å². The monoisotopic (exact) mass is 630 g/mol. The molecule has 0 radical (unpaired) electrons. The summed E-state index contributed by atoms with van der Waals surface area (Å²) < 4.78 is 15.4. The third kappa shape index (κ3) is 6.20. The normalized spacial score (nSPS) is 25.4. The van der Waals surface area contributed by atoms with E-state index in [1.54, 1.807) is 18.0 Å². The van der Waals surface area contributed by atoms with Crippen molar-refractivity contribution < 1.29 is 60.5 Å². The van der Waals surface area contributed by atoms with Crippen molar-refractivity contribution in [1.29, 1.82) is 0 Å². The maximum absolute atomic E-state index is 6.66. The van der Waals surface area contributed by atoms with Crippen molar-refractivity contribution in [2.75, 3.05) is 11.3 Å². The number of furan rings is 1. The van der Waals surface area contributed by atoms with Crippen LogP contribution >= 0.6 is 11.9 Å². The molecule has 3 saturated carbocycles. The topological polar surface area (TPSA) is 86.0 Å². The zero-order chi connectivity index (χ0) is 28.3. The summed E-state index contributed by atoms with van der Waals surface area (Å²) in [6.45, 7) is 4.98. The molecule has 2 atom stereocenters. The third-order valence-electron chi connectivity index (χ3n) is 9.77. The number of nitrogens with zero attached hydrogens (tertiary/aromatic N) is 4. The maximum Gasteiger partial charge on any atom is 1.00 e. The van der Waals surface area contributed by atoms with Gasteiger partial charge in [-0.05, 0) is 123 Å². The molecule has 1 aliphatic heterocycles. The first-order chi connectivity index (χ1) is 20.5. The van der Waals surface area contributed by atoms with Gasteiger partial charge in [0.1, 0.15) is 0 Å². The van der Waals surface area contributed by atoms with Crippen LogP contribution in [-0.4, -0.2) is 26.5 Å². The Kier molecular flexibility index (Phi) is 9.44. The number of allylic oxidation sites excluding steroid dienone is 4. The molecule has 5 aliphatic rings. The Bertz CT molecular complexity index is 1730. The van der Waals surface area contributed by atoms with Crippen LogP contribution in [0.25, 0.3) is 16.8 Å². The van der Waals surface area contributed by atoms with Gasteiger partial charge in [0.2, 0.25) is 11.8 Å². The van der Waals surface area contributed by atoms with Crippen LogP contribution in [0.3, 0.4) is 0 Å². The van der Waals surface area contributed by atoms with E-state index in [-0.39, 0.29) is 64.7 Å². The number of rotatable bonds is 5. The molecular weight excluding hydrogens is 594 g/mol. The van der Waals surface area contributed by atoms with Gasteiger partial charge in [-0.15, -0.1) is 6.07 Å². The maximum atomic E-state index is 6.66. The Morgan fingerprint density at radius 1 is 1.11 bits per heavy atom. The summed E-state index contributed by atoms with van der Waals surface area (Å²) in [5.74, 6) is 2.65. The van der Waals surface area contributed by atoms with E-state index in [2.05, 4.69) is 60.2 Å². The number of aromatic nitrogens is 4. The number of fused-ring (bicyclic) bond motifs is 5. The average Bonchev–Trinajstić information content (AvgIpc) is 3.41. The Morgan fingerprint density at radius 2 is 1.98 bits per heavy atom. The quantitative estimate of drug-likeness (QED) is 0.178. The van der Waals surface area contributed by atoms with Gasteiger partial charge in [-0.3, -0.25) is 9.71 Å². The van der Waals surface area contributed by atoms with E-state index in [0.717, 1.165) is 53.4 Å². The second kappa shape index (κ2) is 13.0. The molecule has 6 bridgehead atoms. The molecule has 1 aromatic carbocycles. The van der Waals surface area contributed by atoms with Gasteiger partial charge in [0.05, 0.1) is 18.0 Å². The molecule has 4 aromatic rings. The van der Waals surface area contributed by atoms with Gasteiger partial charge in [-0.2, -0.15) is 4.98 Å². The molecule has 0 saturated heterocycles. The standard InChI is InChI=1S/C34H34N5O2S.CH3.K/c1-20-5-3-6-21(2)31(20)29-13-30-38-33(37-29)39-42-26-8-4-7-23(11-26)27(12-25-18-35-32-28(36-25)9-10-40-32)24(19-41-30)17-34-14-22(15-34)16-34;;/h4-5,7-9,11,13,18,22,24,27H,3,6,12,14-17,19H2,1-2H3,(H,37,38,39);1H3;/q2*-1;+1. The molecule has 44 heavy (non-hydrogen) atoms. The molecule has 222 valence electrons. The summed E-state index contributed by atoms with van der Waals surface area (Å²) in [7, 11) is 0. The first kappa shape index (κ1) is 31.9. The molecule has 9 rings (SSSR count). The third-order valence-corrected chi connectivity index (χ3v) is 10.5. The zero-order valence-corrected chi connectivity index (χ0v) is 30.0. The van der Waals surface area contributed by atoms with E-state index in [9.17, 15) is 0 Å². The molecular formula is C35H37KN5O2S-. The minimum atomic E-state index is 0. The van der Waals surface area contributed by atoms with Crippen LogP contribution in [0.2, 0.25) is 0 Å². The van der Waals surface area contributed by atoms with Gasteiger partial charge in [0.15, 0.2) is 0 Å². The first-order valence-electron chi connectivity index (χ1n) is 15.0. The van der Waals surface area contributed by atoms with Crippen LogP contribution in [0.4, 0.5) is 5.95 Å². The molecule has 1 N–H and O–H groups in total. The van der Waals surface area contributed by atoms with Crippen molar-refractivity contribution in [3.63, 3.8) is 0 Å². The van der Waals surface area contributed by atoms with Crippen LogP contribution in [0.5, 0.6) is 5.88 Å². The average molecular weight is 631 g/mol. The number of ether oxygens (including phenoxy) is 1.